The zero-order valence-corrected chi connectivity index (χ0v) is 7.71. The van der Waals surface area contributed by atoms with Crippen molar-refractivity contribution >= 4 is 5.97 Å². The normalized spacial score (nSPS) is 44.2. The summed E-state index contributed by atoms with van der Waals surface area (Å²) in [7, 11) is 0. The number of carbonyl (C=O) groups is 1. The van der Waals surface area contributed by atoms with Crippen LogP contribution in [0, 0.1) is 27.9 Å². The third-order valence-corrected chi connectivity index (χ3v) is 3.58. The summed E-state index contributed by atoms with van der Waals surface area (Å²) < 4.78 is 0. The maximum Gasteiger partial charge on any atom is 0.314 e. The maximum atomic E-state index is 11.0. The zero-order valence-electron chi connectivity index (χ0n) is 7.71. The predicted molar refractivity (Wildman–Crippen MR) is 47.3 cm³/mol. The molecule has 1 N–H and O–H groups in total. The quantitative estimate of drug-likeness (QED) is 0.405. The van der Waals surface area contributed by atoms with Gasteiger partial charge < -0.3 is 5.11 Å². The van der Waals surface area contributed by atoms with Gasteiger partial charge in [-0.2, -0.15) is 0 Å². The molecule has 2 unspecified atom stereocenters. The average molecular weight is 197 g/mol. The van der Waals surface area contributed by atoms with Gasteiger partial charge in [-0.3, -0.25) is 14.9 Å². The van der Waals surface area contributed by atoms with Gasteiger partial charge in [-0.05, 0) is 12.3 Å². The molecule has 2 aliphatic carbocycles. The van der Waals surface area contributed by atoms with Gasteiger partial charge in [-0.15, -0.1) is 0 Å². The lowest BCUT2D eigenvalue weighted by molar-refractivity contribution is -0.577. The lowest BCUT2D eigenvalue weighted by atomic mass is 9.78. The van der Waals surface area contributed by atoms with Crippen molar-refractivity contribution < 1.29 is 14.8 Å². The van der Waals surface area contributed by atoms with Crippen LogP contribution in [-0.2, 0) is 4.79 Å². The Morgan fingerprint density at radius 1 is 1.64 bits per heavy atom. The number of carboxylic acid groups (broad SMARTS) is 1. The summed E-state index contributed by atoms with van der Waals surface area (Å²) in [5.74, 6) is -2.30. The molecule has 5 heteroatoms. The van der Waals surface area contributed by atoms with Gasteiger partial charge in [0.2, 0.25) is 5.54 Å². The first-order valence-electron chi connectivity index (χ1n) is 4.53. The fourth-order valence-corrected chi connectivity index (χ4v) is 2.75. The van der Waals surface area contributed by atoms with Crippen LogP contribution in [0.4, 0.5) is 0 Å². The van der Waals surface area contributed by atoms with Crippen molar-refractivity contribution in [3.8, 4) is 0 Å². The van der Waals surface area contributed by atoms with Crippen molar-refractivity contribution in [2.75, 3.05) is 0 Å². The summed E-state index contributed by atoms with van der Waals surface area (Å²) in [6.07, 6.45) is 4.19. The smallest absolute Gasteiger partial charge is 0.314 e. The molecule has 1 fully saturated rings. The summed E-state index contributed by atoms with van der Waals surface area (Å²) >= 11 is 0. The van der Waals surface area contributed by atoms with Crippen LogP contribution in [0.5, 0.6) is 0 Å². The molecule has 0 heterocycles. The van der Waals surface area contributed by atoms with Gasteiger partial charge in [0.05, 0.1) is 0 Å². The highest BCUT2D eigenvalue weighted by Gasteiger charge is 2.65. The largest absolute Gasteiger partial charge is 0.481 e. The highest BCUT2D eigenvalue weighted by atomic mass is 16.6. The van der Waals surface area contributed by atoms with Crippen molar-refractivity contribution in [3.63, 3.8) is 0 Å². The minimum Gasteiger partial charge on any atom is -0.481 e. The first-order valence-corrected chi connectivity index (χ1v) is 4.53. The van der Waals surface area contributed by atoms with Crippen molar-refractivity contribution in [2.24, 2.45) is 17.8 Å². The van der Waals surface area contributed by atoms with Crippen LogP contribution in [0.3, 0.4) is 0 Å². The Labute approximate surface area is 80.6 Å². The molecule has 4 atom stereocenters. The van der Waals surface area contributed by atoms with Gasteiger partial charge in [-0.1, -0.05) is 12.2 Å². The van der Waals surface area contributed by atoms with E-state index in [9.17, 15) is 14.9 Å². The first-order chi connectivity index (χ1) is 6.48. The molecule has 2 bridgehead atoms. The Morgan fingerprint density at radius 2 is 2.29 bits per heavy atom. The molecule has 5 nitrogen and oxygen atoms in total. The molecular formula is C9H11NO4. The summed E-state index contributed by atoms with van der Waals surface area (Å²) in [5, 5.41) is 19.9. The molecule has 0 aromatic heterocycles. The molecule has 0 amide bonds. The van der Waals surface area contributed by atoms with Crippen LogP contribution in [0.25, 0.3) is 0 Å². The lowest BCUT2D eigenvalue weighted by Crippen LogP contribution is -2.49. The number of aliphatic carboxylic acids is 1. The van der Waals surface area contributed by atoms with Crippen LogP contribution >= 0.6 is 0 Å². The molecule has 76 valence electrons. The molecule has 0 saturated heterocycles. The van der Waals surface area contributed by atoms with E-state index in [0.29, 0.717) is 6.42 Å². The van der Waals surface area contributed by atoms with Gasteiger partial charge in [0.15, 0.2) is 0 Å². The Balaban J connectivity index is 2.45. The molecule has 0 aliphatic heterocycles. The third-order valence-electron chi connectivity index (χ3n) is 3.58. The van der Waals surface area contributed by atoms with E-state index >= 15 is 0 Å². The van der Waals surface area contributed by atoms with Crippen molar-refractivity contribution in [3.05, 3.63) is 22.3 Å². The van der Waals surface area contributed by atoms with Crippen molar-refractivity contribution in [2.45, 2.75) is 18.9 Å². The number of rotatable bonds is 2. The van der Waals surface area contributed by atoms with E-state index in [1.807, 2.05) is 0 Å². The van der Waals surface area contributed by atoms with Gasteiger partial charge >= 0.3 is 5.97 Å². The Kier molecular flexibility index (Phi) is 1.68. The molecule has 0 aromatic carbocycles. The molecule has 0 spiro atoms. The molecular weight excluding hydrogens is 186 g/mol. The minimum absolute atomic E-state index is 0.159. The SMILES string of the molecule is CC1([N+](=O)[O-])C(C(=O)O)[C@H]2C=C[C@H]1C2. The zero-order chi connectivity index (χ0) is 10.5. The van der Waals surface area contributed by atoms with Gasteiger partial charge in [0.1, 0.15) is 5.92 Å². The fourth-order valence-electron chi connectivity index (χ4n) is 2.75. The average Bonchev–Trinajstić information content (AvgIpc) is 2.61. The fraction of sp³-hybridized carbons (Fsp3) is 0.667. The van der Waals surface area contributed by atoms with Crippen LogP contribution in [-0.4, -0.2) is 21.5 Å². The molecule has 2 aliphatic rings. The number of nitro groups is 1. The number of carboxylic acids is 1. The number of fused-ring (bicyclic) bond motifs is 2. The van der Waals surface area contributed by atoms with E-state index in [-0.39, 0.29) is 11.8 Å². The second-order valence-corrected chi connectivity index (χ2v) is 4.19. The highest BCUT2D eigenvalue weighted by molar-refractivity contribution is 5.73. The van der Waals surface area contributed by atoms with E-state index in [0.717, 1.165) is 0 Å². The molecule has 0 aromatic rings. The second kappa shape index (κ2) is 2.56. The number of allylic oxidation sites excluding steroid dienone is 1. The molecule has 14 heavy (non-hydrogen) atoms. The number of nitrogens with zero attached hydrogens (tertiary/aromatic N) is 1. The molecule has 2 rings (SSSR count). The van der Waals surface area contributed by atoms with E-state index in [2.05, 4.69) is 0 Å². The Hall–Kier alpha value is -1.39. The summed E-state index contributed by atoms with van der Waals surface area (Å²) in [6, 6.07) is 0. The number of hydrogen-bond donors (Lipinski definition) is 1. The van der Waals surface area contributed by atoms with Crippen molar-refractivity contribution in [1.82, 2.24) is 0 Å². The van der Waals surface area contributed by atoms with Gasteiger partial charge in [0, 0.05) is 17.8 Å². The first kappa shape index (κ1) is 9.18. The van der Waals surface area contributed by atoms with Crippen LogP contribution in [0.15, 0.2) is 12.2 Å². The maximum absolute atomic E-state index is 11.0. The van der Waals surface area contributed by atoms with Crippen LogP contribution in [0.1, 0.15) is 13.3 Å². The van der Waals surface area contributed by atoms with E-state index in [1.165, 1.54) is 6.92 Å². The van der Waals surface area contributed by atoms with Gasteiger partial charge in [-0.25, -0.2) is 0 Å². The van der Waals surface area contributed by atoms with Crippen LogP contribution < -0.4 is 0 Å². The summed E-state index contributed by atoms with van der Waals surface area (Å²) in [6.45, 7) is 1.44. The van der Waals surface area contributed by atoms with E-state index in [1.54, 1.807) is 12.2 Å². The van der Waals surface area contributed by atoms with Crippen LogP contribution in [0.2, 0.25) is 0 Å². The predicted octanol–water partition coefficient (Wildman–Crippen LogP) is 0.929. The van der Waals surface area contributed by atoms with E-state index < -0.39 is 22.3 Å². The topological polar surface area (TPSA) is 80.4 Å². The Bertz CT molecular complexity index is 338. The van der Waals surface area contributed by atoms with E-state index in [4.69, 9.17) is 5.11 Å². The number of hydrogen-bond acceptors (Lipinski definition) is 3. The summed E-state index contributed by atoms with van der Waals surface area (Å²) in [5.41, 5.74) is -1.31. The molecule has 0 radical (unpaired) electrons. The standard InChI is InChI=1S/C9H11NO4/c1-9(10(13)14)6-3-2-5(4-6)7(9)8(11)12/h2-3,5-7H,4H2,1H3,(H,11,12)/t5-,6-,7?,9?/m0/s1. The highest BCUT2D eigenvalue weighted by Crippen LogP contribution is 2.52. The minimum atomic E-state index is -1.31. The lowest BCUT2D eigenvalue weighted by Gasteiger charge is -2.27. The second-order valence-electron chi connectivity index (χ2n) is 4.19. The third kappa shape index (κ3) is 0.867. The van der Waals surface area contributed by atoms with Gasteiger partial charge in [0.25, 0.3) is 0 Å². The monoisotopic (exact) mass is 197 g/mol. The Morgan fingerprint density at radius 3 is 2.71 bits per heavy atom. The van der Waals surface area contributed by atoms with Crippen molar-refractivity contribution in [1.29, 1.82) is 0 Å². The molecule has 1 saturated carbocycles. The summed E-state index contributed by atoms with van der Waals surface area (Å²) in [4.78, 5) is 21.5.